The fraction of sp³-hybridized carbons (Fsp3) is 0.925. The van der Waals surface area contributed by atoms with Crippen molar-refractivity contribution in [3.8, 4) is 0 Å². The molecule has 0 bridgehead atoms. The van der Waals surface area contributed by atoms with Crippen LogP contribution in [0.5, 0.6) is 0 Å². The van der Waals surface area contributed by atoms with Gasteiger partial charge in [0.2, 0.25) is 5.91 Å². The number of rotatable bonds is 49. The number of aliphatic hydroxyl groups is 2. The second-order valence-corrected chi connectivity index (χ2v) is 18.2. The predicted octanol–water partition coefficient (Wildman–Crippen LogP) is 15.7. The molecule has 0 radical (unpaired) electrons. The maximum absolute atomic E-state index is 12.4. The van der Waals surface area contributed by atoms with Gasteiger partial charge >= 0.3 is 5.97 Å². The molecule has 0 aliphatic carbocycles. The van der Waals surface area contributed by atoms with Crippen LogP contribution in [-0.2, 0) is 14.3 Å². The molecule has 0 fully saturated rings. The van der Waals surface area contributed by atoms with Gasteiger partial charge in [0.05, 0.1) is 25.4 Å². The molecule has 0 aliphatic heterocycles. The Balaban J connectivity index is 3.52. The lowest BCUT2D eigenvalue weighted by Gasteiger charge is -2.20. The molecule has 2 unspecified atom stereocenters. The molecule has 2 atom stereocenters. The predicted molar refractivity (Wildman–Crippen MR) is 255 cm³/mol. The van der Waals surface area contributed by atoms with Crippen molar-refractivity contribution in [3.05, 3.63) is 12.2 Å². The van der Waals surface area contributed by atoms with E-state index in [2.05, 4.69) is 19.2 Å². The number of nitrogens with one attached hydrogen (secondary N) is 1. The molecule has 0 rings (SSSR count). The number of ether oxygens (including phenoxy) is 1. The Hall–Kier alpha value is -1.40. The second-order valence-electron chi connectivity index (χ2n) is 18.2. The van der Waals surface area contributed by atoms with E-state index in [0.29, 0.717) is 19.4 Å². The molecule has 59 heavy (non-hydrogen) atoms. The van der Waals surface area contributed by atoms with Gasteiger partial charge in [-0.2, -0.15) is 0 Å². The van der Waals surface area contributed by atoms with E-state index in [-0.39, 0.29) is 18.5 Å². The number of allylic oxidation sites excluding steroid dienone is 1. The third-order valence-electron chi connectivity index (χ3n) is 12.3. The van der Waals surface area contributed by atoms with E-state index in [0.717, 1.165) is 57.8 Å². The van der Waals surface area contributed by atoms with Crippen molar-refractivity contribution in [1.82, 2.24) is 5.32 Å². The van der Waals surface area contributed by atoms with Crippen molar-refractivity contribution in [2.75, 3.05) is 13.2 Å². The van der Waals surface area contributed by atoms with E-state index in [4.69, 9.17) is 4.74 Å². The number of amides is 1. The maximum atomic E-state index is 12.4. The Morgan fingerprint density at radius 2 is 0.780 bits per heavy atom. The summed E-state index contributed by atoms with van der Waals surface area (Å²) in [5.74, 6) is -0.119. The van der Waals surface area contributed by atoms with Crippen LogP contribution in [0.3, 0.4) is 0 Å². The highest BCUT2D eigenvalue weighted by Crippen LogP contribution is 2.17. The zero-order chi connectivity index (χ0) is 43.0. The van der Waals surface area contributed by atoms with Crippen LogP contribution in [-0.4, -0.2) is 47.4 Å². The van der Waals surface area contributed by atoms with Crippen LogP contribution >= 0.6 is 0 Å². The second kappa shape index (κ2) is 49.3. The van der Waals surface area contributed by atoms with Crippen molar-refractivity contribution < 1.29 is 24.5 Å². The number of hydrogen-bond donors (Lipinski definition) is 3. The van der Waals surface area contributed by atoms with Crippen molar-refractivity contribution in [3.63, 3.8) is 0 Å². The van der Waals surface area contributed by atoms with Crippen molar-refractivity contribution in [1.29, 1.82) is 0 Å². The van der Waals surface area contributed by atoms with E-state index in [9.17, 15) is 19.8 Å². The average molecular weight is 834 g/mol. The van der Waals surface area contributed by atoms with Gasteiger partial charge in [-0.3, -0.25) is 9.59 Å². The first-order valence-electron chi connectivity index (χ1n) is 26.5. The minimum atomic E-state index is -0.861. The van der Waals surface area contributed by atoms with Gasteiger partial charge in [-0.1, -0.05) is 257 Å². The number of carbonyl (C=O) groups excluding carboxylic acids is 2. The number of esters is 1. The van der Waals surface area contributed by atoms with Gasteiger partial charge in [0, 0.05) is 12.8 Å². The highest BCUT2D eigenvalue weighted by atomic mass is 16.5. The van der Waals surface area contributed by atoms with Crippen molar-refractivity contribution in [2.24, 2.45) is 0 Å². The lowest BCUT2D eigenvalue weighted by Crippen LogP contribution is -2.45. The summed E-state index contributed by atoms with van der Waals surface area (Å²) in [5, 5.41) is 23.1. The van der Waals surface area contributed by atoms with Crippen molar-refractivity contribution in [2.45, 2.75) is 302 Å². The smallest absolute Gasteiger partial charge is 0.305 e. The van der Waals surface area contributed by atoms with E-state index in [1.165, 1.54) is 205 Å². The SMILES string of the molecule is CCCCCCCCCCCCCCCCCCCCCC/C=C/C(O)C(CO)NC(=O)CCCCCCCCCCCOC(=O)CCCCCCCCCCCCC. The Bertz CT molecular complexity index is 878. The standard InChI is InChI=1S/C53H103NO5/c1-3-5-7-9-11-13-15-16-17-18-19-20-21-22-23-24-25-27-29-33-37-41-45-51(56)50(49-55)54-52(57)46-42-38-34-30-28-32-36-40-44-48-59-53(58)47-43-39-35-31-26-14-12-10-8-6-4-2/h41,45,50-51,55-56H,3-40,42-44,46-49H2,1-2H3,(H,54,57)/b45-41+. The minimum absolute atomic E-state index is 0.0269. The van der Waals surface area contributed by atoms with Crippen LogP contribution in [0.2, 0.25) is 0 Å². The zero-order valence-corrected chi connectivity index (χ0v) is 39.7. The van der Waals surface area contributed by atoms with Gasteiger partial charge in [0.1, 0.15) is 0 Å². The lowest BCUT2D eigenvalue weighted by molar-refractivity contribution is -0.143. The molecule has 0 aromatic rings. The summed E-state index contributed by atoms with van der Waals surface area (Å²) >= 11 is 0. The Morgan fingerprint density at radius 1 is 0.458 bits per heavy atom. The Morgan fingerprint density at radius 3 is 1.15 bits per heavy atom. The van der Waals surface area contributed by atoms with Gasteiger partial charge in [-0.15, -0.1) is 0 Å². The molecule has 3 N–H and O–H groups in total. The first-order chi connectivity index (χ1) is 29.0. The Labute approximate surface area is 368 Å². The van der Waals surface area contributed by atoms with Crippen LogP contribution in [0.4, 0.5) is 0 Å². The lowest BCUT2D eigenvalue weighted by atomic mass is 10.0. The maximum Gasteiger partial charge on any atom is 0.305 e. The summed E-state index contributed by atoms with van der Waals surface area (Å²) in [6.45, 7) is 4.85. The number of unbranched alkanes of at least 4 members (excludes halogenated alkanes) is 38. The molecular weight excluding hydrogens is 731 g/mol. The van der Waals surface area contributed by atoms with Gasteiger partial charge in [-0.25, -0.2) is 0 Å². The average Bonchev–Trinajstić information content (AvgIpc) is 3.24. The number of hydrogen-bond acceptors (Lipinski definition) is 5. The van der Waals surface area contributed by atoms with E-state index < -0.39 is 12.1 Å². The first-order valence-corrected chi connectivity index (χ1v) is 26.5. The minimum Gasteiger partial charge on any atom is -0.466 e. The van der Waals surface area contributed by atoms with E-state index in [1.54, 1.807) is 6.08 Å². The molecule has 6 nitrogen and oxygen atoms in total. The summed E-state index contributed by atoms with van der Waals surface area (Å²) < 4.78 is 5.43. The topological polar surface area (TPSA) is 95.9 Å². The molecule has 0 heterocycles. The van der Waals surface area contributed by atoms with Crippen LogP contribution in [0.25, 0.3) is 0 Å². The molecule has 6 heteroatoms. The monoisotopic (exact) mass is 834 g/mol. The molecule has 0 saturated heterocycles. The summed E-state index contributed by atoms with van der Waals surface area (Å²) in [5.41, 5.74) is 0. The molecule has 350 valence electrons. The third kappa shape index (κ3) is 45.9. The third-order valence-corrected chi connectivity index (χ3v) is 12.3. The zero-order valence-electron chi connectivity index (χ0n) is 39.7. The van der Waals surface area contributed by atoms with E-state index in [1.807, 2.05) is 6.08 Å². The molecular formula is C53H103NO5. The van der Waals surface area contributed by atoms with Gasteiger partial charge in [-0.05, 0) is 32.1 Å². The molecule has 1 amide bonds. The van der Waals surface area contributed by atoms with Crippen molar-refractivity contribution >= 4 is 11.9 Å². The largest absolute Gasteiger partial charge is 0.466 e. The highest BCUT2D eigenvalue weighted by molar-refractivity contribution is 5.76. The fourth-order valence-electron chi connectivity index (χ4n) is 8.22. The summed E-state index contributed by atoms with van der Waals surface area (Å²) in [7, 11) is 0. The van der Waals surface area contributed by atoms with E-state index >= 15 is 0 Å². The molecule has 0 spiro atoms. The number of aliphatic hydroxyl groups excluding tert-OH is 2. The quantitative estimate of drug-likeness (QED) is 0.0322. The van der Waals surface area contributed by atoms with Crippen LogP contribution in [0.1, 0.15) is 290 Å². The summed E-state index contributed by atoms with van der Waals surface area (Å²) in [6.07, 6.45) is 56.4. The summed E-state index contributed by atoms with van der Waals surface area (Å²) in [6, 6.07) is -0.647. The molecule has 0 aliphatic rings. The first kappa shape index (κ1) is 57.6. The fourth-order valence-corrected chi connectivity index (χ4v) is 8.22. The van der Waals surface area contributed by atoms with Gasteiger partial charge < -0.3 is 20.3 Å². The highest BCUT2D eigenvalue weighted by Gasteiger charge is 2.18. The Kier molecular flexibility index (Phi) is 48.1. The molecule has 0 aromatic heterocycles. The summed E-state index contributed by atoms with van der Waals surface area (Å²) in [4.78, 5) is 24.4. The van der Waals surface area contributed by atoms with Gasteiger partial charge in [0.25, 0.3) is 0 Å². The molecule has 0 saturated carbocycles. The van der Waals surface area contributed by atoms with Gasteiger partial charge in [0.15, 0.2) is 0 Å². The van der Waals surface area contributed by atoms with Crippen LogP contribution in [0.15, 0.2) is 12.2 Å². The molecule has 0 aromatic carbocycles. The number of carbonyl (C=O) groups is 2. The normalized spacial score (nSPS) is 12.7. The van der Waals surface area contributed by atoms with Crippen LogP contribution in [0, 0.1) is 0 Å². The van der Waals surface area contributed by atoms with Crippen LogP contribution < -0.4 is 5.32 Å².